The van der Waals surface area contributed by atoms with Crippen molar-refractivity contribution in [3.8, 4) is 0 Å². The Morgan fingerprint density at radius 3 is 2.27 bits per heavy atom. The van der Waals surface area contributed by atoms with E-state index >= 15 is 0 Å². The third-order valence-corrected chi connectivity index (χ3v) is 2.82. The molecular formula is C13H18N2. The molecular weight excluding hydrogens is 184 g/mol. The highest BCUT2D eigenvalue weighted by atomic mass is 15.3. The first-order valence-corrected chi connectivity index (χ1v) is 5.35. The molecule has 0 amide bonds. The highest BCUT2D eigenvalue weighted by molar-refractivity contribution is 5.80. The zero-order valence-corrected chi connectivity index (χ0v) is 10.1. The first-order valence-electron chi connectivity index (χ1n) is 5.35. The quantitative estimate of drug-likeness (QED) is 0.640. The Morgan fingerprint density at radius 1 is 1.07 bits per heavy atom. The summed E-state index contributed by atoms with van der Waals surface area (Å²) in [4.78, 5) is 0. The van der Waals surface area contributed by atoms with E-state index in [1.54, 1.807) is 0 Å². The minimum Gasteiger partial charge on any atom is -0.260 e. The van der Waals surface area contributed by atoms with Crippen LogP contribution in [0.15, 0.2) is 18.3 Å². The Balaban J connectivity index is 2.75. The van der Waals surface area contributed by atoms with Crippen molar-refractivity contribution >= 4 is 10.9 Å². The summed E-state index contributed by atoms with van der Waals surface area (Å²) in [6, 6.07) is 4.43. The monoisotopic (exact) mass is 202 g/mol. The Kier molecular flexibility index (Phi) is 2.10. The van der Waals surface area contributed by atoms with E-state index in [4.69, 9.17) is 0 Å². The van der Waals surface area contributed by atoms with Crippen molar-refractivity contribution in [2.75, 3.05) is 0 Å². The molecule has 2 heteroatoms. The third kappa shape index (κ3) is 1.65. The number of benzene rings is 1. The van der Waals surface area contributed by atoms with Gasteiger partial charge in [0.05, 0.1) is 17.3 Å². The van der Waals surface area contributed by atoms with Crippen LogP contribution in [-0.2, 0) is 5.54 Å². The molecule has 0 saturated carbocycles. The van der Waals surface area contributed by atoms with Crippen LogP contribution in [0, 0.1) is 13.8 Å². The maximum Gasteiger partial charge on any atom is 0.0691 e. The molecule has 0 unspecified atom stereocenters. The molecule has 1 aromatic heterocycles. The number of hydrogen-bond acceptors (Lipinski definition) is 1. The Morgan fingerprint density at radius 2 is 1.67 bits per heavy atom. The number of aromatic nitrogens is 2. The predicted molar refractivity (Wildman–Crippen MR) is 64.2 cm³/mol. The van der Waals surface area contributed by atoms with Gasteiger partial charge in [0.1, 0.15) is 0 Å². The van der Waals surface area contributed by atoms with Gasteiger partial charge in [-0.3, -0.25) is 4.68 Å². The van der Waals surface area contributed by atoms with Crippen LogP contribution in [0.3, 0.4) is 0 Å². The average Bonchev–Trinajstić information content (AvgIpc) is 2.47. The number of hydrogen-bond donors (Lipinski definition) is 0. The van der Waals surface area contributed by atoms with Crippen molar-refractivity contribution in [3.63, 3.8) is 0 Å². The summed E-state index contributed by atoms with van der Waals surface area (Å²) < 4.78 is 2.09. The zero-order chi connectivity index (χ0) is 11.2. The highest BCUT2D eigenvalue weighted by Gasteiger charge is 2.16. The summed E-state index contributed by atoms with van der Waals surface area (Å²) in [5.41, 5.74) is 3.93. The summed E-state index contributed by atoms with van der Waals surface area (Å²) in [5, 5.41) is 5.70. The van der Waals surface area contributed by atoms with Gasteiger partial charge >= 0.3 is 0 Å². The van der Waals surface area contributed by atoms with Gasteiger partial charge in [-0.1, -0.05) is 0 Å². The summed E-state index contributed by atoms with van der Waals surface area (Å²) in [6.45, 7) is 10.8. The molecule has 0 aliphatic carbocycles. The van der Waals surface area contributed by atoms with Crippen LogP contribution in [0.1, 0.15) is 31.9 Å². The minimum atomic E-state index is 0.0451. The number of aryl methyl sites for hydroxylation is 2. The molecule has 0 bridgehead atoms. The zero-order valence-electron chi connectivity index (χ0n) is 10.1. The second-order valence-corrected chi connectivity index (χ2v) is 5.22. The fraction of sp³-hybridized carbons (Fsp3) is 0.462. The SMILES string of the molecule is Cc1cc2cnn(C(C)(C)C)c2cc1C. The van der Waals surface area contributed by atoms with Crippen molar-refractivity contribution in [3.05, 3.63) is 29.5 Å². The van der Waals surface area contributed by atoms with Crippen molar-refractivity contribution in [2.24, 2.45) is 0 Å². The van der Waals surface area contributed by atoms with E-state index in [2.05, 4.69) is 56.5 Å². The van der Waals surface area contributed by atoms with Crippen LogP contribution in [-0.4, -0.2) is 9.78 Å². The van der Waals surface area contributed by atoms with Crippen molar-refractivity contribution in [1.82, 2.24) is 9.78 Å². The Hall–Kier alpha value is -1.31. The van der Waals surface area contributed by atoms with Crippen LogP contribution >= 0.6 is 0 Å². The lowest BCUT2D eigenvalue weighted by molar-refractivity contribution is 0.368. The largest absolute Gasteiger partial charge is 0.260 e. The number of rotatable bonds is 0. The summed E-state index contributed by atoms with van der Waals surface area (Å²) in [7, 11) is 0. The second kappa shape index (κ2) is 3.09. The molecule has 2 nitrogen and oxygen atoms in total. The van der Waals surface area contributed by atoms with E-state index in [0.717, 1.165) is 0 Å². The van der Waals surface area contributed by atoms with E-state index in [0.29, 0.717) is 0 Å². The first kappa shape index (κ1) is 10.2. The molecule has 0 aliphatic heterocycles. The second-order valence-electron chi connectivity index (χ2n) is 5.22. The van der Waals surface area contributed by atoms with E-state index < -0.39 is 0 Å². The molecule has 1 aromatic carbocycles. The van der Waals surface area contributed by atoms with Gasteiger partial charge in [0, 0.05) is 5.39 Å². The maximum atomic E-state index is 4.47. The molecule has 80 valence electrons. The minimum absolute atomic E-state index is 0.0451. The van der Waals surface area contributed by atoms with E-state index in [1.165, 1.54) is 22.0 Å². The van der Waals surface area contributed by atoms with Crippen LogP contribution in [0.4, 0.5) is 0 Å². The third-order valence-electron chi connectivity index (χ3n) is 2.82. The molecule has 0 saturated heterocycles. The van der Waals surface area contributed by atoms with Crippen molar-refractivity contribution in [2.45, 2.75) is 40.2 Å². The van der Waals surface area contributed by atoms with Crippen LogP contribution in [0.5, 0.6) is 0 Å². The van der Waals surface area contributed by atoms with E-state index in [-0.39, 0.29) is 5.54 Å². The van der Waals surface area contributed by atoms with Gasteiger partial charge in [0.25, 0.3) is 0 Å². The molecule has 1 heterocycles. The molecule has 15 heavy (non-hydrogen) atoms. The lowest BCUT2D eigenvalue weighted by Crippen LogP contribution is -2.22. The van der Waals surface area contributed by atoms with Crippen molar-refractivity contribution in [1.29, 1.82) is 0 Å². The van der Waals surface area contributed by atoms with Gasteiger partial charge in [-0.15, -0.1) is 0 Å². The molecule has 2 aromatic rings. The lowest BCUT2D eigenvalue weighted by Gasteiger charge is -2.20. The summed E-state index contributed by atoms with van der Waals surface area (Å²) >= 11 is 0. The fourth-order valence-electron chi connectivity index (χ4n) is 1.83. The van der Waals surface area contributed by atoms with E-state index in [9.17, 15) is 0 Å². The van der Waals surface area contributed by atoms with Crippen LogP contribution < -0.4 is 0 Å². The smallest absolute Gasteiger partial charge is 0.0691 e. The van der Waals surface area contributed by atoms with Gasteiger partial charge in [-0.05, 0) is 57.9 Å². The molecule has 0 N–H and O–H groups in total. The standard InChI is InChI=1S/C13H18N2/c1-9-6-11-8-14-15(13(3,4)5)12(11)7-10(9)2/h6-8H,1-5H3. The topological polar surface area (TPSA) is 17.8 Å². The number of fused-ring (bicyclic) bond motifs is 1. The van der Waals surface area contributed by atoms with Crippen molar-refractivity contribution < 1.29 is 0 Å². The van der Waals surface area contributed by atoms with Crippen LogP contribution in [0.2, 0.25) is 0 Å². The Bertz CT molecular complexity index is 501. The molecule has 0 spiro atoms. The molecule has 0 aliphatic rings. The maximum absolute atomic E-state index is 4.47. The summed E-state index contributed by atoms with van der Waals surface area (Å²) in [5.74, 6) is 0. The molecule has 0 fully saturated rings. The predicted octanol–water partition coefficient (Wildman–Crippen LogP) is 3.41. The first-order chi connectivity index (χ1) is 6.89. The fourth-order valence-corrected chi connectivity index (χ4v) is 1.83. The van der Waals surface area contributed by atoms with Gasteiger partial charge in [-0.25, -0.2) is 0 Å². The molecule has 0 atom stereocenters. The normalized spacial score (nSPS) is 12.3. The van der Waals surface area contributed by atoms with Crippen LogP contribution in [0.25, 0.3) is 10.9 Å². The van der Waals surface area contributed by atoms with Gasteiger partial charge in [-0.2, -0.15) is 5.10 Å². The summed E-state index contributed by atoms with van der Waals surface area (Å²) in [6.07, 6.45) is 1.95. The lowest BCUT2D eigenvalue weighted by atomic mass is 10.1. The molecule has 0 radical (unpaired) electrons. The van der Waals surface area contributed by atoms with Gasteiger partial charge in [0.15, 0.2) is 0 Å². The average molecular weight is 202 g/mol. The van der Waals surface area contributed by atoms with E-state index in [1.807, 2.05) is 6.20 Å². The Labute approximate surface area is 90.9 Å². The number of nitrogens with zero attached hydrogens (tertiary/aromatic N) is 2. The van der Waals surface area contributed by atoms with Gasteiger partial charge < -0.3 is 0 Å². The van der Waals surface area contributed by atoms with Gasteiger partial charge in [0.2, 0.25) is 0 Å². The molecule has 2 rings (SSSR count). The highest BCUT2D eigenvalue weighted by Crippen LogP contribution is 2.24.